The number of halogens is 1. The molecule has 1 aromatic carbocycles. The van der Waals surface area contributed by atoms with Gasteiger partial charge in [0, 0.05) is 12.2 Å². The van der Waals surface area contributed by atoms with Crippen molar-refractivity contribution in [3.8, 4) is 0 Å². The quantitative estimate of drug-likeness (QED) is 0.808. The van der Waals surface area contributed by atoms with Crippen molar-refractivity contribution in [2.24, 2.45) is 5.92 Å². The molecule has 0 unspecified atom stereocenters. The summed E-state index contributed by atoms with van der Waals surface area (Å²) in [6.07, 6.45) is 0. The van der Waals surface area contributed by atoms with Crippen molar-refractivity contribution in [2.75, 3.05) is 31.2 Å². The Kier molecular flexibility index (Phi) is 5.44. The number of nitrogens with zero attached hydrogens (tertiary/aromatic N) is 1. The van der Waals surface area contributed by atoms with Crippen molar-refractivity contribution in [2.45, 2.75) is 13.8 Å². The van der Waals surface area contributed by atoms with E-state index in [2.05, 4.69) is 19.2 Å². The Morgan fingerprint density at radius 3 is 2.78 bits per heavy atom. The van der Waals surface area contributed by atoms with Crippen molar-refractivity contribution in [1.82, 2.24) is 4.90 Å². The summed E-state index contributed by atoms with van der Waals surface area (Å²) in [5, 5.41) is 3.25. The highest BCUT2D eigenvalue weighted by atomic mass is 35.5. The van der Waals surface area contributed by atoms with Gasteiger partial charge in [-0.3, -0.25) is 9.69 Å². The molecule has 0 saturated heterocycles. The van der Waals surface area contributed by atoms with Gasteiger partial charge in [-0.2, -0.15) is 0 Å². The molecule has 0 heterocycles. The summed E-state index contributed by atoms with van der Waals surface area (Å²) >= 11 is 5.98. The molecule has 4 nitrogen and oxygen atoms in total. The van der Waals surface area contributed by atoms with Crippen LogP contribution in [0.5, 0.6) is 0 Å². The van der Waals surface area contributed by atoms with Crippen molar-refractivity contribution < 1.29 is 4.79 Å². The number of likely N-dealkylation sites (N-methyl/N-ethyl adjacent to an activating group) is 1. The Morgan fingerprint density at radius 2 is 2.17 bits per heavy atom. The van der Waals surface area contributed by atoms with Gasteiger partial charge < -0.3 is 11.1 Å². The molecule has 0 aliphatic heterocycles. The maximum atomic E-state index is 11.8. The minimum atomic E-state index is -0.0920. The fourth-order valence-corrected chi connectivity index (χ4v) is 1.93. The normalized spacial score (nSPS) is 11.0. The van der Waals surface area contributed by atoms with Crippen molar-refractivity contribution >= 4 is 28.9 Å². The molecule has 0 aliphatic rings. The predicted octanol–water partition coefficient (Wildman–Crippen LogP) is 2.45. The van der Waals surface area contributed by atoms with Gasteiger partial charge in [0.1, 0.15) is 0 Å². The van der Waals surface area contributed by atoms with Crippen LogP contribution in [0.1, 0.15) is 13.8 Å². The molecule has 5 heteroatoms. The maximum absolute atomic E-state index is 11.8. The highest BCUT2D eigenvalue weighted by Crippen LogP contribution is 2.23. The summed E-state index contributed by atoms with van der Waals surface area (Å²) in [7, 11) is 1.92. The molecule has 3 N–H and O–H groups in total. The minimum Gasteiger partial charge on any atom is -0.399 e. The van der Waals surface area contributed by atoms with Gasteiger partial charge in [-0.15, -0.1) is 0 Å². The molecule has 0 bridgehead atoms. The van der Waals surface area contributed by atoms with Gasteiger partial charge in [0.25, 0.3) is 0 Å². The Labute approximate surface area is 113 Å². The maximum Gasteiger partial charge on any atom is 0.238 e. The summed E-state index contributed by atoms with van der Waals surface area (Å²) < 4.78 is 0. The Morgan fingerprint density at radius 1 is 1.50 bits per heavy atom. The van der Waals surface area contributed by atoms with Gasteiger partial charge >= 0.3 is 0 Å². The van der Waals surface area contributed by atoms with Gasteiger partial charge in [0.05, 0.1) is 17.3 Å². The number of hydrogen-bond donors (Lipinski definition) is 2. The number of carbonyl (C=O) groups excluding carboxylic acids is 1. The molecule has 0 atom stereocenters. The van der Waals surface area contributed by atoms with Crippen LogP contribution in [0.3, 0.4) is 0 Å². The van der Waals surface area contributed by atoms with E-state index in [1.807, 2.05) is 11.9 Å². The molecule has 0 radical (unpaired) electrons. The van der Waals surface area contributed by atoms with Crippen LogP contribution < -0.4 is 11.1 Å². The van der Waals surface area contributed by atoms with Gasteiger partial charge in [-0.1, -0.05) is 25.4 Å². The first-order valence-corrected chi connectivity index (χ1v) is 6.29. The van der Waals surface area contributed by atoms with Crippen LogP contribution in [0.25, 0.3) is 0 Å². The zero-order valence-electron chi connectivity index (χ0n) is 11.0. The molecule has 0 saturated carbocycles. The van der Waals surface area contributed by atoms with Crippen molar-refractivity contribution in [1.29, 1.82) is 0 Å². The molecule has 0 aliphatic carbocycles. The highest BCUT2D eigenvalue weighted by molar-refractivity contribution is 6.33. The average molecular weight is 270 g/mol. The van der Waals surface area contributed by atoms with E-state index < -0.39 is 0 Å². The largest absolute Gasteiger partial charge is 0.399 e. The lowest BCUT2D eigenvalue weighted by Gasteiger charge is -2.18. The SMILES string of the molecule is CC(C)CN(C)CC(=O)Nc1cc(N)ccc1Cl. The first-order valence-electron chi connectivity index (χ1n) is 5.92. The molecule has 18 heavy (non-hydrogen) atoms. The van der Waals surface area contributed by atoms with E-state index >= 15 is 0 Å². The molecule has 1 amide bonds. The van der Waals surface area contributed by atoms with Crippen LogP contribution in [-0.2, 0) is 4.79 Å². The van der Waals surface area contributed by atoms with Crippen LogP contribution in [0.15, 0.2) is 18.2 Å². The first-order chi connectivity index (χ1) is 8.38. The second-order valence-corrected chi connectivity index (χ2v) is 5.29. The molecular weight excluding hydrogens is 250 g/mol. The van der Waals surface area contributed by atoms with Gasteiger partial charge in [-0.25, -0.2) is 0 Å². The first kappa shape index (κ1) is 14.8. The number of nitrogens with one attached hydrogen (secondary N) is 1. The number of nitrogen functional groups attached to an aromatic ring is 1. The number of nitrogens with two attached hydrogens (primary N) is 1. The lowest BCUT2D eigenvalue weighted by atomic mass is 10.2. The summed E-state index contributed by atoms with van der Waals surface area (Å²) in [6, 6.07) is 5.02. The van der Waals surface area contributed by atoms with E-state index in [0.717, 1.165) is 6.54 Å². The third-order valence-electron chi connectivity index (χ3n) is 2.35. The number of amides is 1. The summed E-state index contributed by atoms with van der Waals surface area (Å²) in [5.41, 5.74) is 6.78. The monoisotopic (exact) mass is 269 g/mol. The van der Waals surface area contributed by atoms with Crippen molar-refractivity contribution in [3.63, 3.8) is 0 Å². The van der Waals surface area contributed by atoms with Gasteiger partial charge in [-0.05, 0) is 31.2 Å². The molecule has 100 valence electrons. The van der Waals surface area contributed by atoms with E-state index in [0.29, 0.717) is 28.9 Å². The van der Waals surface area contributed by atoms with E-state index in [1.165, 1.54) is 0 Å². The van der Waals surface area contributed by atoms with Gasteiger partial charge in [0.15, 0.2) is 0 Å². The standard InChI is InChI=1S/C13H20ClN3O/c1-9(2)7-17(3)8-13(18)16-12-6-10(15)4-5-11(12)14/h4-6,9H,7-8,15H2,1-3H3,(H,16,18). The topological polar surface area (TPSA) is 58.4 Å². The lowest BCUT2D eigenvalue weighted by molar-refractivity contribution is -0.117. The molecule has 0 fully saturated rings. The van der Waals surface area contributed by atoms with Crippen LogP contribution in [0.2, 0.25) is 5.02 Å². The summed E-state index contributed by atoms with van der Waals surface area (Å²) in [5.74, 6) is 0.435. The Hall–Kier alpha value is -1.26. The predicted molar refractivity (Wildman–Crippen MR) is 76.8 cm³/mol. The average Bonchev–Trinajstić information content (AvgIpc) is 2.21. The van der Waals surface area contributed by atoms with Crippen LogP contribution in [0, 0.1) is 5.92 Å². The van der Waals surface area contributed by atoms with E-state index in [9.17, 15) is 4.79 Å². The van der Waals surface area contributed by atoms with E-state index in [4.69, 9.17) is 17.3 Å². The third-order valence-corrected chi connectivity index (χ3v) is 2.68. The van der Waals surface area contributed by atoms with Crippen LogP contribution in [0.4, 0.5) is 11.4 Å². The zero-order chi connectivity index (χ0) is 13.7. The summed E-state index contributed by atoms with van der Waals surface area (Å²) in [4.78, 5) is 13.8. The zero-order valence-corrected chi connectivity index (χ0v) is 11.8. The second-order valence-electron chi connectivity index (χ2n) is 4.88. The fourth-order valence-electron chi connectivity index (χ4n) is 1.76. The van der Waals surface area contributed by atoms with E-state index in [-0.39, 0.29) is 5.91 Å². The molecule has 1 aromatic rings. The highest BCUT2D eigenvalue weighted by Gasteiger charge is 2.10. The number of anilines is 2. The molecule has 0 aromatic heterocycles. The number of carbonyl (C=O) groups is 1. The van der Waals surface area contributed by atoms with Crippen molar-refractivity contribution in [3.05, 3.63) is 23.2 Å². The third kappa shape index (κ3) is 4.94. The molecule has 0 spiro atoms. The summed E-state index contributed by atoms with van der Waals surface area (Å²) in [6.45, 7) is 5.44. The second kappa shape index (κ2) is 6.61. The van der Waals surface area contributed by atoms with E-state index in [1.54, 1.807) is 18.2 Å². The Balaban J connectivity index is 2.56. The number of rotatable bonds is 5. The van der Waals surface area contributed by atoms with Gasteiger partial charge in [0.2, 0.25) is 5.91 Å². The Bertz CT molecular complexity index is 421. The number of hydrogen-bond acceptors (Lipinski definition) is 3. The minimum absolute atomic E-state index is 0.0920. The molecular formula is C13H20ClN3O. The number of benzene rings is 1. The lowest BCUT2D eigenvalue weighted by Crippen LogP contribution is -2.32. The van der Waals surface area contributed by atoms with Crippen LogP contribution in [-0.4, -0.2) is 30.9 Å². The van der Waals surface area contributed by atoms with Crippen LogP contribution >= 0.6 is 11.6 Å². The molecule has 1 rings (SSSR count). The smallest absolute Gasteiger partial charge is 0.238 e. The fraction of sp³-hybridized carbons (Fsp3) is 0.462.